The SMILES string of the molecule is CCCCCNCC(C)Oc1ccc2cc(Br)ccc2c1. The molecule has 1 atom stereocenters. The predicted octanol–water partition coefficient (Wildman–Crippen LogP) is 5.15. The summed E-state index contributed by atoms with van der Waals surface area (Å²) < 4.78 is 7.09. The highest BCUT2D eigenvalue weighted by Crippen LogP contribution is 2.24. The summed E-state index contributed by atoms with van der Waals surface area (Å²) >= 11 is 3.50. The topological polar surface area (TPSA) is 21.3 Å². The Labute approximate surface area is 136 Å². The van der Waals surface area contributed by atoms with Crippen molar-refractivity contribution >= 4 is 26.7 Å². The Balaban J connectivity index is 1.86. The summed E-state index contributed by atoms with van der Waals surface area (Å²) in [4.78, 5) is 0. The molecule has 1 unspecified atom stereocenters. The average molecular weight is 350 g/mol. The quantitative estimate of drug-likeness (QED) is 0.665. The minimum absolute atomic E-state index is 0.180. The van der Waals surface area contributed by atoms with E-state index in [9.17, 15) is 0 Å². The lowest BCUT2D eigenvalue weighted by Crippen LogP contribution is -2.29. The molecule has 0 saturated carbocycles. The van der Waals surface area contributed by atoms with E-state index in [1.165, 1.54) is 30.0 Å². The molecule has 0 saturated heterocycles. The van der Waals surface area contributed by atoms with Crippen molar-refractivity contribution in [2.45, 2.75) is 39.2 Å². The highest BCUT2D eigenvalue weighted by molar-refractivity contribution is 9.10. The first-order valence-corrected chi connectivity index (χ1v) is 8.55. The van der Waals surface area contributed by atoms with Crippen molar-refractivity contribution in [2.75, 3.05) is 13.1 Å². The fourth-order valence-corrected chi connectivity index (χ4v) is 2.73. The van der Waals surface area contributed by atoms with Gasteiger partial charge in [0.15, 0.2) is 0 Å². The van der Waals surface area contributed by atoms with E-state index in [1.54, 1.807) is 0 Å². The van der Waals surface area contributed by atoms with E-state index in [0.29, 0.717) is 0 Å². The summed E-state index contributed by atoms with van der Waals surface area (Å²) in [7, 11) is 0. The molecular formula is C18H24BrNO. The van der Waals surface area contributed by atoms with Gasteiger partial charge in [0.05, 0.1) is 0 Å². The monoisotopic (exact) mass is 349 g/mol. The van der Waals surface area contributed by atoms with Crippen LogP contribution in [0.15, 0.2) is 40.9 Å². The zero-order valence-electron chi connectivity index (χ0n) is 12.9. The Morgan fingerprint density at radius 2 is 1.86 bits per heavy atom. The maximum atomic E-state index is 5.98. The molecule has 0 spiro atoms. The highest BCUT2D eigenvalue weighted by atomic mass is 79.9. The van der Waals surface area contributed by atoms with Crippen LogP contribution in [-0.4, -0.2) is 19.2 Å². The van der Waals surface area contributed by atoms with Crippen molar-refractivity contribution in [2.24, 2.45) is 0 Å². The lowest BCUT2D eigenvalue weighted by Gasteiger charge is -2.16. The van der Waals surface area contributed by atoms with Gasteiger partial charge in [-0.25, -0.2) is 0 Å². The molecule has 0 aliphatic heterocycles. The van der Waals surface area contributed by atoms with Crippen molar-refractivity contribution in [3.05, 3.63) is 40.9 Å². The molecule has 2 nitrogen and oxygen atoms in total. The van der Waals surface area contributed by atoms with E-state index in [0.717, 1.165) is 23.3 Å². The van der Waals surface area contributed by atoms with Crippen LogP contribution < -0.4 is 10.1 Å². The van der Waals surface area contributed by atoms with E-state index in [1.807, 2.05) is 6.07 Å². The molecule has 0 bridgehead atoms. The number of hydrogen-bond donors (Lipinski definition) is 1. The van der Waals surface area contributed by atoms with Gasteiger partial charge in [-0.15, -0.1) is 0 Å². The first-order chi connectivity index (χ1) is 10.2. The summed E-state index contributed by atoms with van der Waals surface area (Å²) in [6, 6.07) is 12.6. The highest BCUT2D eigenvalue weighted by Gasteiger charge is 2.04. The summed E-state index contributed by atoms with van der Waals surface area (Å²) in [5.41, 5.74) is 0. The first kappa shape index (κ1) is 16.3. The van der Waals surface area contributed by atoms with E-state index >= 15 is 0 Å². The normalized spacial score (nSPS) is 12.5. The number of fused-ring (bicyclic) bond motifs is 1. The van der Waals surface area contributed by atoms with Gasteiger partial charge in [-0.1, -0.05) is 47.8 Å². The van der Waals surface area contributed by atoms with Gasteiger partial charge in [0, 0.05) is 11.0 Å². The fourth-order valence-electron chi connectivity index (χ4n) is 2.35. The van der Waals surface area contributed by atoms with Crippen LogP contribution in [0.1, 0.15) is 33.1 Å². The van der Waals surface area contributed by atoms with Gasteiger partial charge >= 0.3 is 0 Å². The Bertz CT molecular complexity index is 570. The first-order valence-electron chi connectivity index (χ1n) is 7.75. The van der Waals surface area contributed by atoms with Crippen LogP contribution in [-0.2, 0) is 0 Å². The number of rotatable bonds is 8. The van der Waals surface area contributed by atoms with Crippen LogP contribution in [0.25, 0.3) is 10.8 Å². The van der Waals surface area contributed by atoms with Crippen LogP contribution in [0.4, 0.5) is 0 Å². The zero-order valence-corrected chi connectivity index (χ0v) is 14.4. The number of nitrogens with one attached hydrogen (secondary N) is 1. The molecule has 0 aliphatic rings. The lowest BCUT2D eigenvalue weighted by molar-refractivity contribution is 0.217. The van der Waals surface area contributed by atoms with Crippen molar-refractivity contribution in [1.29, 1.82) is 0 Å². The molecule has 2 rings (SSSR count). The summed E-state index contributed by atoms with van der Waals surface area (Å²) in [5.74, 6) is 0.938. The molecule has 0 fully saturated rings. The van der Waals surface area contributed by atoms with Gasteiger partial charge in [-0.2, -0.15) is 0 Å². The average Bonchev–Trinajstić information content (AvgIpc) is 2.47. The van der Waals surface area contributed by atoms with Crippen molar-refractivity contribution < 1.29 is 4.74 Å². The smallest absolute Gasteiger partial charge is 0.120 e. The van der Waals surface area contributed by atoms with E-state index in [-0.39, 0.29) is 6.10 Å². The van der Waals surface area contributed by atoms with E-state index in [4.69, 9.17) is 4.74 Å². The Morgan fingerprint density at radius 1 is 1.10 bits per heavy atom. The molecule has 0 aromatic heterocycles. The summed E-state index contributed by atoms with van der Waals surface area (Å²) in [5, 5.41) is 5.89. The molecule has 2 aromatic carbocycles. The molecular weight excluding hydrogens is 326 g/mol. The molecule has 0 amide bonds. The number of unbranched alkanes of at least 4 members (excludes halogenated alkanes) is 2. The maximum absolute atomic E-state index is 5.98. The molecule has 2 aromatic rings. The van der Waals surface area contributed by atoms with Crippen LogP contribution in [0, 0.1) is 0 Å². The molecule has 0 radical (unpaired) electrons. The van der Waals surface area contributed by atoms with Gasteiger partial charge in [0.25, 0.3) is 0 Å². The van der Waals surface area contributed by atoms with E-state index < -0.39 is 0 Å². The van der Waals surface area contributed by atoms with Crippen LogP contribution in [0.2, 0.25) is 0 Å². The minimum Gasteiger partial charge on any atom is -0.489 e. The Hall–Kier alpha value is -1.06. The number of hydrogen-bond acceptors (Lipinski definition) is 2. The van der Waals surface area contributed by atoms with Crippen LogP contribution in [0.5, 0.6) is 5.75 Å². The van der Waals surface area contributed by atoms with Gasteiger partial charge in [-0.3, -0.25) is 0 Å². The molecule has 114 valence electrons. The molecule has 21 heavy (non-hydrogen) atoms. The standard InChI is InChI=1S/C18H24BrNO/c1-3-4-5-10-20-13-14(2)21-18-9-7-15-11-17(19)8-6-16(15)12-18/h6-9,11-12,14,20H,3-5,10,13H2,1-2H3. The maximum Gasteiger partial charge on any atom is 0.120 e. The van der Waals surface area contributed by atoms with Crippen LogP contribution in [0.3, 0.4) is 0 Å². The fraction of sp³-hybridized carbons (Fsp3) is 0.444. The van der Waals surface area contributed by atoms with Gasteiger partial charge in [-0.05, 0) is 54.9 Å². The predicted molar refractivity (Wildman–Crippen MR) is 94.1 cm³/mol. The largest absolute Gasteiger partial charge is 0.489 e. The lowest BCUT2D eigenvalue weighted by atomic mass is 10.1. The van der Waals surface area contributed by atoms with Crippen molar-refractivity contribution in [1.82, 2.24) is 5.32 Å². The molecule has 0 heterocycles. The minimum atomic E-state index is 0.180. The third-order valence-electron chi connectivity index (χ3n) is 3.50. The second kappa shape index (κ2) is 8.40. The molecule has 0 aliphatic carbocycles. The third kappa shape index (κ3) is 5.33. The molecule has 1 N–H and O–H groups in total. The summed E-state index contributed by atoms with van der Waals surface area (Å²) in [6.07, 6.45) is 3.98. The second-order valence-electron chi connectivity index (χ2n) is 5.49. The summed E-state index contributed by atoms with van der Waals surface area (Å²) in [6.45, 7) is 6.30. The van der Waals surface area contributed by atoms with E-state index in [2.05, 4.69) is 65.4 Å². The number of benzene rings is 2. The van der Waals surface area contributed by atoms with Crippen molar-refractivity contribution in [3.8, 4) is 5.75 Å². The second-order valence-corrected chi connectivity index (χ2v) is 6.41. The van der Waals surface area contributed by atoms with Gasteiger partial charge < -0.3 is 10.1 Å². The zero-order chi connectivity index (χ0) is 15.1. The molecule has 3 heteroatoms. The van der Waals surface area contributed by atoms with Crippen LogP contribution >= 0.6 is 15.9 Å². The number of halogens is 1. The Morgan fingerprint density at radius 3 is 2.67 bits per heavy atom. The van der Waals surface area contributed by atoms with Gasteiger partial charge in [0.1, 0.15) is 11.9 Å². The number of ether oxygens (including phenoxy) is 1. The van der Waals surface area contributed by atoms with Crippen molar-refractivity contribution in [3.63, 3.8) is 0 Å². The Kier molecular flexibility index (Phi) is 6.52. The third-order valence-corrected chi connectivity index (χ3v) is 3.99. The van der Waals surface area contributed by atoms with Gasteiger partial charge in [0.2, 0.25) is 0 Å².